The van der Waals surface area contributed by atoms with Crippen LogP contribution in [0.5, 0.6) is 0 Å². The molecule has 0 amide bonds. The van der Waals surface area contributed by atoms with Gasteiger partial charge in [-0.15, -0.1) is 0 Å². The van der Waals surface area contributed by atoms with E-state index in [-0.39, 0.29) is 23.4 Å². The third kappa shape index (κ3) is 4.37. The van der Waals surface area contributed by atoms with E-state index in [1.54, 1.807) is 22.2 Å². The van der Waals surface area contributed by atoms with Gasteiger partial charge in [-0.25, -0.2) is 17.8 Å². The van der Waals surface area contributed by atoms with Gasteiger partial charge in [0, 0.05) is 20.6 Å². The second-order valence-corrected chi connectivity index (χ2v) is 8.15. The summed E-state index contributed by atoms with van der Waals surface area (Å²) in [6.45, 7) is 0.461. The van der Waals surface area contributed by atoms with Crippen molar-refractivity contribution in [2.75, 3.05) is 25.6 Å². The standard InChI is InChI=1S/C14H20FN3O2S2/c1-17(2)18(13-7-8-22(19,20)10-13)14(21)16-9-11-3-5-12(15)6-4-11/h3-6,13H,7-10H2,1-2H3,(H,16,21)/t13-/m1/s1. The van der Waals surface area contributed by atoms with Crippen LogP contribution < -0.4 is 5.32 Å². The predicted molar refractivity (Wildman–Crippen MR) is 88.4 cm³/mol. The Kier molecular flexibility index (Phi) is 5.36. The molecule has 1 aromatic rings. The zero-order valence-corrected chi connectivity index (χ0v) is 14.3. The van der Waals surface area contributed by atoms with E-state index in [0.29, 0.717) is 18.1 Å². The number of thiocarbonyl (C=S) groups is 1. The topological polar surface area (TPSA) is 52.6 Å². The van der Waals surface area contributed by atoms with Crippen LogP contribution in [-0.2, 0) is 16.4 Å². The van der Waals surface area contributed by atoms with E-state index >= 15 is 0 Å². The van der Waals surface area contributed by atoms with Crippen molar-refractivity contribution in [3.05, 3.63) is 35.6 Å². The molecule has 1 aromatic carbocycles. The van der Waals surface area contributed by atoms with Crippen LogP contribution in [0.4, 0.5) is 4.39 Å². The summed E-state index contributed by atoms with van der Waals surface area (Å²) < 4.78 is 36.2. The van der Waals surface area contributed by atoms with Crippen molar-refractivity contribution < 1.29 is 12.8 Å². The largest absolute Gasteiger partial charge is 0.357 e. The van der Waals surface area contributed by atoms with Crippen LogP contribution in [-0.4, -0.2) is 55.2 Å². The third-order valence-corrected chi connectivity index (χ3v) is 5.63. The maximum atomic E-state index is 12.9. The molecule has 1 aliphatic rings. The first-order valence-corrected chi connectivity index (χ1v) is 9.20. The molecule has 1 atom stereocenters. The lowest BCUT2D eigenvalue weighted by molar-refractivity contribution is 0.0712. The molecule has 1 heterocycles. The van der Waals surface area contributed by atoms with Crippen molar-refractivity contribution in [3.63, 3.8) is 0 Å². The van der Waals surface area contributed by atoms with Gasteiger partial charge in [-0.3, -0.25) is 5.01 Å². The number of rotatable bonds is 4. The van der Waals surface area contributed by atoms with E-state index in [1.807, 2.05) is 14.1 Å². The van der Waals surface area contributed by atoms with Gasteiger partial charge >= 0.3 is 0 Å². The average molecular weight is 345 g/mol. The van der Waals surface area contributed by atoms with E-state index in [0.717, 1.165) is 5.56 Å². The first-order chi connectivity index (χ1) is 10.3. The molecule has 8 heteroatoms. The Morgan fingerprint density at radius 1 is 1.36 bits per heavy atom. The summed E-state index contributed by atoms with van der Waals surface area (Å²) >= 11 is 5.39. The molecule has 122 valence electrons. The molecule has 1 aliphatic heterocycles. The number of nitrogens with zero attached hydrogens (tertiary/aromatic N) is 2. The highest BCUT2D eigenvalue weighted by Crippen LogP contribution is 2.18. The van der Waals surface area contributed by atoms with E-state index in [4.69, 9.17) is 12.2 Å². The Bertz CT molecular complexity index is 632. The van der Waals surface area contributed by atoms with Crippen molar-refractivity contribution in [2.24, 2.45) is 0 Å². The van der Waals surface area contributed by atoms with Crippen molar-refractivity contribution >= 4 is 27.2 Å². The number of halogens is 1. The molecule has 0 bridgehead atoms. The number of sulfone groups is 1. The molecule has 1 N–H and O–H groups in total. The van der Waals surface area contributed by atoms with Gasteiger partial charge in [0.15, 0.2) is 14.9 Å². The molecule has 0 aliphatic carbocycles. The highest BCUT2D eigenvalue weighted by Gasteiger charge is 2.34. The van der Waals surface area contributed by atoms with Crippen LogP contribution >= 0.6 is 12.2 Å². The minimum atomic E-state index is -2.98. The molecule has 0 saturated carbocycles. The minimum Gasteiger partial charge on any atom is -0.357 e. The minimum absolute atomic E-state index is 0.115. The van der Waals surface area contributed by atoms with Crippen LogP contribution in [0.1, 0.15) is 12.0 Å². The summed E-state index contributed by atoms with van der Waals surface area (Å²) in [5.41, 5.74) is 0.904. The Morgan fingerprint density at radius 3 is 2.50 bits per heavy atom. The Balaban J connectivity index is 2.00. The molecule has 22 heavy (non-hydrogen) atoms. The smallest absolute Gasteiger partial charge is 0.184 e. The van der Waals surface area contributed by atoms with Crippen LogP contribution in [0.3, 0.4) is 0 Å². The molecule has 0 spiro atoms. The summed E-state index contributed by atoms with van der Waals surface area (Å²) in [5, 5.41) is 7.16. The first-order valence-electron chi connectivity index (χ1n) is 6.97. The summed E-state index contributed by atoms with van der Waals surface area (Å²) in [7, 11) is 0.684. The average Bonchev–Trinajstić information content (AvgIpc) is 2.78. The van der Waals surface area contributed by atoms with E-state index in [9.17, 15) is 12.8 Å². The van der Waals surface area contributed by atoms with Crippen LogP contribution in [0, 0.1) is 5.82 Å². The molecule has 2 rings (SSSR count). The third-order valence-electron chi connectivity index (χ3n) is 3.55. The molecule has 0 radical (unpaired) electrons. The fraction of sp³-hybridized carbons (Fsp3) is 0.500. The molecular weight excluding hydrogens is 325 g/mol. The Hall–Kier alpha value is -1.25. The second kappa shape index (κ2) is 6.89. The van der Waals surface area contributed by atoms with Gasteiger partial charge in [-0.05, 0) is 36.3 Å². The molecule has 0 unspecified atom stereocenters. The highest BCUT2D eigenvalue weighted by atomic mass is 32.2. The van der Waals surface area contributed by atoms with E-state index < -0.39 is 9.84 Å². The summed E-state index contributed by atoms with van der Waals surface area (Å²) in [6, 6.07) is 6.02. The van der Waals surface area contributed by atoms with Gasteiger partial charge in [0.2, 0.25) is 0 Å². The molecule has 1 saturated heterocycles. The quantitative estimate of drug-likeness (QED) is 0.653. The molecule has 1 fully saturated rings. The van der Waals surface area contributed by atoms with Crippen LogP contribution in [0.15, 0.2) is 24.3 Å². The van der Waals surface area contributed by atoms with E-state index in [1.165, 1.54) is 12.1 Å². The lowest BCUT2D eigenvalue weighted by Gasteiger charge is -2.36. The van der Waals surface area contributed by atoms with Crippen molar-refractivity contribution in [3.8, 4) is 0 Å². The lowest BCUT2D eigenvalue weighted by atomic mass is 10.2. The lowest BCUT2D eigenvalue weighted by Crippen LogP contribution is -2.53. The molecule has 0 aromatic heterocycles. The maximum Gasteiger partial charge on any atom is 0.184 e. The Labute approximate surface area is 136 Å². The zero-order valence-electron chi connectivity index (χ0n) is 12.6. The number of hydrogen-bond acceptors (Lipinski definition) is 4. The van der Waals surface area contributed by atoms with Crippen LogP contribution in [0.2, 0.25) is 0 Å². The maximum absolute atomic E-state index is 12.9. The summed E-state index contributed by atoms with van der Waals surface area (Å²) in [4.78, 5) is 0. The van der Waals surface area contributed by atoms with Gasteiger partial charge in [0.25, 0.3) is 0 Å². The zero-order chi connectivity index (χ0) is 16.3. The number of nitrogens with one attached hydrogen (secondary N) is 1. The monoisotopic (exact) mass is 345 g/mol. The predicted octanol–water partition coefficient (Wildman–Crippen LogP) is 1.17. The number of hydrogen-bond donors (Lipinski definition) is 1. The molecular formula is C14H20FN3O2S2. The van der Waals surface area contributed by atoms with E-state index in [2.05, 4.69) is 5.32 Å². The van der Waals surface area contributed by atoms with Gasteiger partial charge in [-0.2, -0.15) is 0 Å². The van der Waals surface area contributed by atoms with Gasteiger partial charge in [0.1, 0.15) is 5.82 Å². The fourth-order valence-electron chi connectivity index (χ4n) is 2.50. The normalized spacial score (nSPS) is 20.1. The fourth-order valence-corrected chi connectivity index (χ4v) is 4.58. The van der Waals surface area contributed by atoms with Crippen molar-refractivity contribution in [2.45, 2.75) is 19.0 Å². The summed E-state index contributed by atoms with van der Waals surface area (Å²) in [5.74, 6) is 0.0315. The second-order valence-electron chi connectivity index (χ2n) is 5.53. The first kappa shape index (κ1) is 17.1. The SMILES string of the molecule is CN(C)N(C(=S)NCc1ccc(F)cc1)[C@@H]1CCS(=O)(=O)C1. The van der Waals surface area contributed by atoms with Crippen LogP contribution in [0.25, 0.3) is 0 Å². The Morgan fingerprint density at radius 2 is 2.00 bits per heavy atom. The molecule has 5 nitrogen and oxygen atoms in total. The van der Waals surface area contributed by atoms with Gasteiger partial charge in [-0.1, -0.05) is 12.1 Å². The highest BCUT2D eigenvalue weighted by molar-refractivity contribution is 7.91. The summed E-state index contributed by atoms with van der Waals surface area (Å²) in [6.07, 6.45) is 0.568. The van der Waals surface area contributed by atoms with Gasteiger partial charge in [0.05, 0.1) is 17.5 Å². The van der Waals surface area contributed by atoms with Crippen molar-refractivity contribution in [1.29, 1.82) is 0 Å². The van der Waals surface area contributed by atoms with Gasteiger partial charge < -0.3 is 5.32 Å². The number of hydrazine groups is 1. The number of benzene rings is 1. The van der Waals surface area contributed by atoms with Crippen molar-refractivity contribution in [1.82, 2.24) is 15.3 Å².